The normalized spacial score (nSPS) is 11.0. The van der Waals surface area contributed by atoms with Crippen LogP contribution in [-0.4, -0.2) is 15.0 Å². The topological polar surface area (TPSA) is 67.6 Å². The fourth-order valence-corrected chi connectivity index (χ4v) is 2.22. The summed E-state index contributed by atoms with van der Waals surface area (Å²) in [6.45, 7) is 4.14. The van der Waals surface area contributed by atoms with Crippen LogP contribution in [0.15, 0.2) is 30.6 Å². The largest absolute Gasteiger partial charge is 0.397 e. The molecule has 0 fully saturated rings. The van der Waals surface area contributed by atoms with Crippen LogP contribution in [0.3, 0.4) is 0 Å². The molecular formula is C14H14N4. The molecule has 0 bridgehead atoms. The summed E-state index contributed by atoms with van der Waals surface area (Å²) in [5.41, 5.74) is 11.9. The third-order valence-electron chi connectivity index (χ3n) is 3.03. The van der Waals surface area contributed by atoms with Crippen molar-refractivity contribution in [2.45, 2.75) is 13.8 Å². The number of anilines is 1. The van der Waals surface area contributed by atoms with Gasteiger partial charge in [0.2, 0.25) is 0 Å². The summed E-state index contributed by atoms with van der Waals surface area (Å²) in [5, 5.41) is 0. The third kappa shape index (κ3) is 1.62. The van der Waals surface area contributed by atoms with Gasteiger partial charge in [0.1, 0.15) is 5.82 Å². The first-order chi connectivity index (χ1) is 8.65. The van der Waals surface area contributed by atoms with E-state index in [9.17, 15) is 0 Å². The molecule has 18 heavy (non-hydrogen) atoms. The van der Waals surface area contributed by atoms with Crippen LogP contribution in [0, 0.1) is 13.8 Å². The quantitative estimate of drug-likeness (QED) is 0.685. The van der Waals surface area contributed by atoms with Crippen LogP contribution in [0.4, 0.5) is 5.69 Å². The smallest absolute Gasteiger partial charge is 0.140 e. The lowest BCUT2D eigenvalue weighted by Crippen LogP contribution is -1.91. The average Bonchev–Trinajstić information content (AvgIpc) is 2.73. The molecule has 2 heterocycles. The van der Waals surface area contributed by atoms with Gasteiger partial charge in [0.05, 0.1) is 22.9 Å². The standard InChI is InChI=1S/C14H14N4/c1-8-5-9(2)13-12(6-8)17-14(18-13)10-3-4-16-7-11(10)15/h3-7H,15H2,1-2H3,(H,17,18). The average molecular weight is 238 g/mol. The maximum absolute atomic E-state index is 5.92. The first-order valence-corrected chi connectivity index (χ1v) is 5.82. The van der Waals surface area contributed by atoms with Crippen LogP contribution >= 0.6 is 0 Å². The van der Waals surface area contributed by atoms with Gasteiger partial charge in [0.25, 0.3) is 0 Å². The Morgan fingerprint density at radius 3 is 2.83 bits per heavy atom. The van der Waals surface area contributed by atoms with E-state index in [1.54, 1.807) is 12.4 Å². The minimum Gasteiger partial charge on any atom is -0.397 e. The molecular weight excluding hydrogens is 224 g/mol. The summed E-state index contributed by atoms with van der Waals surface area (Å²) in [7, 11) is 0. The highest BCUT2D eigenvalue weighted by atomic mass is 14.9. The summed E-state index contributed by atoms with van der Waals surface area (Å²) < 4.78 is 0. The monoisotopic (exact) mass is 238 g/mol. The second-order valence-corrected chi connectivity index (χ2v) is 4.53. The SMILES string of the molecule is Cc1cc(C)c2nc(-c3ccncc3N)[nH]c2c1. The maximum Gasteiger partial charge on any atom is 0.140 e. The molecule has 4 nitrogen and oxygen atoms in total. The zero-order valence-electron chi connectivity index (χ0n) is 10.4. The third-order valence-corrected chi connectivity index (χ3v) is 3.03. The molecule has 0 saturated carbocycles. The van der Waals surface area contributed by atoms with Gasteiger partial charge in [-0.1, -0.05) is 6.07 Å². The van der Waals surface area contributed by atoms with Crippen molar-refractivity contribution in [2.24, 2.45) is 0 Å². The highest BCUT2D eigenvalue weighted by molar-refractivity contribution is 5.84. The van der Waals surface area contributed by atoms with Crippen LogP contribution in [0.5, 0.6) is 0 Å². The molecule has 2 aromatic heterocycles. The molecule has 0 aliphatic rings. The van der Waals surface area contributed by atoms with Gasteiger partial charge in [-0.3, -0.25) is 4.98 Å². The molecule has 0 radical (unpaired) electrons. The van der Waals surface area contributed by atoms with E-state index < -0.39 is 0 Å². The van der Waals surface area contributed by atoms with Crippen molar-refractivity contribution >= 4 is 16.7 Å². The number of nitrogens with two attached hydrogens (primary N) is 1. The number of nitrogen functional groups attached to an aromatic ring is 1. The fourth-order valence-electron chi connectivity index (χ4n) is 2.22. The van der Waals surface area contributed by atoms with Crippen LogP contribution in [0.2, 0.25) is 0 Å². The van der Waals surface area contributed by atoms with E-state index in [2.05, 4.69) is 40.9 Å². The van der Waals surface area contributed by atoms with Gasteiger partial charge in [0.15, 0.2) is 0 Å². The minimum atomic E-state index is 0.630. The number of rotatable bonds is 1. The van der Waals surface area contributed by atoms with E-state index in [1.165, 1.54) is 11.1 Å². The Hall–Kier alpha value is -2.36. The number of nitrogens with zero attached hydrogens (tertiary/aromatic N) is 2. The number of pyridine rings is 1. The van der Waals surface area contributed by atoms with Gasteiger partial charge in [-0.2, -0.15) is 0 Å². The molecule has 0 amide bonds. The lowest BCUT2D eigenvalue weighted by molar-refractivity contribution is 1.29. The fraction of sp³-hybridized carbons (Fsp3) is 0.143. The van der Waals surface area contributed by atoms with E-state index in [4.69, 9.17) is 5.73 Å². The number of benzene rings is 1. The van der Waals surface area contributed by atoms with Gasteiger partial charge < -0.3 is 10.7 Å². The number of hydrogen-bond donors (Lipinski definition) is 2. The van der Waals surface area contributed by atoms with E-state index in [1.807, 2.05) is 6.07 Å². The molecule has 0 spiro atoms. The first-order valence-electron chi connectivity index (χ1n) is 5.82. The van der Waals surface area contributed by atoms with Crippen LogP contribution in [-0.2, 0) is 0 Å². The van der Waals surface area contributed by atoms with Crippen molar-refractivity contribution in [2.75, 3.05) is 5.73 Å². The Balaban J connectivity index is 2.26. The summed E-state index contributed by atoms with van der Waals surface area (Å²) in [5.74, 6) is 0.790. The number of aryl methyl sites for hydroxylation is 2. The van der Waals surface area contributed by atoms with Gasteiger partial charge in [-0.25, -0.2) is 4.98 Å². The lowest BCUT2D eigenvalue weighted by Gasteiger charge is -1.99. The molecule has 0 aliphatic carbocycles. The molecule has 90 valence electrons. The Labute approximate surface area is 105 Å². The van der Waals surface area contributed by atoms with Crippen molar-refractivity contribution in [3.05, 3.63) is 41.7 Å². The zero-order valence-corrected chi connectivity index (χ0v) is 10.4. The van der Waals surface area contributed by atoms with Crippen molar-refractivity contribution in [1.82, 2.24) is 15.0 Å². The zero-order chi connectivity index (χ0) is 12.7. The molecule has 1 aromatic carbocycles. The van der Waals surface area contributed by atoms with E-state index in [0.717, 1.165) is 22.4 Å². The number of fused-ring (bicyclic) bond motifs is 1. The summed E-state index contributed by atoms with van der Waals surface area (Å²) in [6, 6.07) is 6.09. The second kappa shape index (κ2) is 3.84. The lowest BCUT2D eigenvalue weighted by atomic mass is 10.1. The van der Waals surface area contributed by atoms with Crippen molar-refractivity contribution in [1.29, 1.82) is 0 Å². The Kier molecular flexibility index (Phi) is 2.30. The summed E-state index contributed by atoms with van der Waals surface area (Å²) in [6.07, 6.45) is 3.36. The Morgan fingerprint density at radius 2 is 2.06 bits per heavy atom. The number of aromatic amines is 1. The first kappa shape index (κ1) is 10.8. The maximum atomic E-state index is 5.92. The van der Waals surface area contributed by atoms with Gasteiger partial charge in [-0.05, 0) is 37.1 Å². The highest BCUT2D eigenvalue weighted by Gasteiger charge is 2.09. The summed E-state index contributed by atoms with van der Waals surface area (Å²) >= 11 is 0. The Morgan fingerprint density at radius 1 is 1.22 bits per heavy atom. The number of imidazole rings is 1. The van der Waals surface area contributed by atoms with Gasteiger partial charge >= 0.3 is 0 Å². The Bertz CT molecular complexity index is 728. The van der Waals surface area contributed by atoms with Gasteiger partial charge in [0, 0.05) is 11.8 Å². The van der Waals surface area contributed by atoms with Crippen LogP contribution < -0.4 is 5.73 Å². The van der Waals surface area contributed by atoms with Gasteiger partial charge in [-0.15, -0.1) is 0 Å². The van der Waals surface area contributed by atoms with Crippen LogP contribution in [0.25, 0.3) is 22.4 Å². The number of aromatic nitrogens is 3. The number of nitrogens with one attached hydrogen (secondary N) is 1. The van der Waals surface area contributed by atoms with E-state index >= 15 is 0 Å². The molecule has 4 heteroatoms. The molecule has 0 unspecified atom stereocenters. The number of hydrogen-bond acceptors (Lipinski definition) is 3. The predicted octanol–water partition coefficient (Wildman–Crippen LogP) is 2.82. The van der Waals surface area contributed by atoms with E-state index in [0.29, 0.717) is 5.69 Å². The molecule has 0 aliphatic heterocycles. The molecule has 3 N–H and O–H groups in total. The molecule has 0 atom stereocenters. The second-order valence-electron chi connectivity index (χ2n) is 4.53. The van der Waals surface area contributed by atoms with Crippen molar-refractivity contribution in [3.63, 3.8) is 0 Å². The molecule has 3 aromatic rings. The minimum absolute atomic E-state index is 0.630. The molecule has 0 saturated heterocycles. The number of H-pyrrole nitrogens is 1. The highest BCUT2D eigenvalue weighted by Crippen LogP contribution is 2.26. The molecule has 3 rings (SSSR count). The van der Waals surface area contributed by atoms with E-state index in [-0.39, 0.29) is 0 Å². The van der Waals surface area contributed by atoms with Crippen LogP contribution in [0.1, 0.15) is 11.1 Å². The van der Waals surface area contributed by atoms with Crippen molar-refractivity contribution in [3.8, 4) is 11.4 Å². The summed E-state index contributed by atoms with van der Waals surface area (Å²) in [4.78, 5) is 11.9. The van der Waals surface area contributed by atoms with Crippen molar-refractivity contribution < 1.29 is 0 Å². The predicted molar refractivity (Wildman–Crippen MR) is 73.2 cm³/mol.